The number of nitrogens with zero attached hydrogens (tertiary/aromatic N) is 1. The maximum Gasteiger partial charge on any atom is 0.240 e. The van der Waals surface area contributed by atoms with Crippen LogP contribution < -0.4 is 14.2 Å². The standard InChI is InChI=1S/C22H30N2O4S/c1-16-6-7-20(12-17(16)2)29(25,26)23-9-5-10-24-11-8-18-13-21(27-3)22(28-4)14-19(18)15-24/h6-7,12-14,23H,5,8-11,15H2,1-4H3. The summed E-state index contributed by atoms with van der Waals surface area (Å²) in [6.45, 7) is 6.94. The van der Waals surface area contributed by atoms with Crippen molar-refractivity contribution in [1.29, 1.82) is 0 Å². The summed E-state index contributed by atoms with van der Waals surface area (Å²) in [6.07, 6.45) is 1.71. The van der Waals surface area contributed by atoms with E-state index in [-0.39, 0.29) is 0 Å². The van der Waals surface area contributed by atoms with Crippen molar-refractivity contribution in [2.75, 3.05) is 33.9 Å². The van der Waals surface area contributed by atoms with Crippen molar-refractivity contribution in [3.8, 4) is 11.5 Å². The molecule has 0 unspecified atom stereocenters. The van der Waals surface area contributed by atoms with Gasteiger partial charge in [0.2, 0.25) is 10.0 Å². The van der Waals surface area contributed by atoms with Gasteiger partial charge in [-0.15, -0.1) is 0 Å². The number of hydrogen-bond donors (Lipinski definition) is 1. The second-order valence-electron chi connectivity index (χ2n) is 7.50. The van der Waals surface area contributed by atoms with E-state index in [1.807, 2.05) is 26.0 Å². The van der Waals surface area contributed by atoms with Crippen LogP contribution in [0, 0.1) is 13.8 Å². The zero-order valence-corrected chi connectivity index (χ0v) is 18.4. The molecule has 0 amide bonds. The predicted octanol–water partition coefficient (Wildman–Crippen LogP) is 3.05. The van der Waals surface area contributed by atoms with Gasteiger partial charge in [0.05, 0.1) is 19.1 Å². The third-order valence-corrected chi connectivity index (χ3v) is 6.99. The molecule has 2 aromatic carbocycles. The fourth-order valence-corrected chi connectivity index (χ4v) is 4.76. The summed E-state index contributed by atoms with van der Waals surface area (Å²) in [5, 5.41) is 0. The van der Waals surface area contributed by atoms with Crippen molar-refractivity contribution in [2.45, 2.75) is 38.1 Å². The fourth-order valence-electron chi connectivity index (χ4n) is 3.61. The molecule has 2 aromatic rings. The third-order valence-electron chi connectivity index (χ3n) is 5.53. The lowest BCUT2D eigenvalue weighted by molar-refractivity contribution is 0.250. The van der Waals surface area contributed by atoms with Crippen LogP contribution in [0.2, 0.25) is 0 Å². The molecule has 7 heteroatoms. The van der Waals surface area contributed by atoms with Crippen LogP contribution in [-0.2, 0) is 23.0 Å². The molecule has 0 aromatic heterocycles. The predicted molar refractivity (Wildman–Crippen MR) is 114 cm³/mol. The molecule has 0 bridgehead atoms. The van der Waals surface area contributed by atoms with Crippen LogP contribution in [0.25, 0.3) is 0 Å². The zero-order valence-electron chi connectivity index (χ0n) is 17.6. The molecular formula is C22H30N2O4S. The van der Waals surface area contributed by atoms with Gasteiger partial charge in [-0.1, -0.05) is 6.07 Å². The number of rotatable bonds is 8. The van der Waals surface area contributed by atoms with Gasteiger partial charge in [0, 0.05) is 19.6 Å². The molecule has 29 heavy (non-hydrogen) atoms. The molecule has 1 heterocycles. The SMILES string of the molecule is COc1cc2c(cc1OC)CN(CCCNS(=O)(=O)c1ccc(C)c(C)c1)CC2. The number of benzene rings is 2. The lowest BCUT2D eigenvalue weighted by Gasteiger charge is -2.29. The first kappa shape index (κ1) is 21.6. The number of ether oxygens (including phenoxy) is 2. The van der Waals surface area contributed by atoms with E-state index in [9.17, 15) is 8.42 Å². The Kier molecular flexibility index (Phi) is 6.82. The van der Waals surface area contributed by atoms with E-state index in [2.05, 4.69) is 15.7 Å². The lowest BCUT2D eigenvalue weighted by atomic mass is 9.98. The van der Waals surface area contributed by atoms with Crippen molar-refractivity contribution < 1.29 is 17.9 Å². The molecule has 1 aliphatic heterocycles. The second kappa shape index (κ2) is 9.15. The first-order valence-corrected chi connectivity index (χ1v) is 11.4. The Hall–Kier alpha value is -2.09. The van der Waals surface area contributed by atoms with Crippen molar-refractivity contribution in [3.63, 3.8) is 0 Å². The first-order valence-electron chi connectivity index (χ1n) is 9.87. The summed E-state index contributed by atoms with van der Waals surface area (Å²) < 4.78 is 38.5. The van der Waals surface area contributed by atoms with Gasteiger partial charge < -0.3 is 9.47 Å². The molecule has 0 aliphatic carbocycles. The lowest BCUT2D eigenvalue weighted by Crippen LogP contribution is -2.33. The molecule has 1 N–H and O–H groups in total. The Morgan fingerprint density at radius 2 is 1.69 bits per heavy atom. The molecule has 158 valence electrons. The van der Waals surface area contributed by atoms with E-state index in [1.165, 1.54) is 11.1 Å². The summed E-state index contributed by atoms with van der Waals surface area (Å²) in [6, 6.07) is 9.33. The Morgan fingerprint density at radius 1 is 1.00 bits per heavy atom. The number of hydrogen-bond acceptors (Lipinski definition) is 5. The van der Waals surface area contributed by atoms with Crippen molar-refractivity contribution in [2.24, 2.45) is 0 Å². The van der Waals surface area contributed by atoms with Crippen LogP contribution in [0.5, 0.6) is 11.5 Å². The van der Waals surface area contributed by atoms with Gasteiger partial charge in [-0.05, 0) is 79.8 Å². The highest BCUT2D eigenvalue weighted by Gasteiger charge is 2.20. The molecule has 3 rings (SSSR count). The number of fused-ring (bicyclic) bond motifs is 1. The van der Waals surface area contributed by atoms with Crippen molar-refractivity contribution >= 4 is 10.0 Å². The highest BCUT2D eigenvalue weighted by atomic mass is 32.2. The van der Waals surface area contributed by atoms with Crippen LogP contribution in [0.15, 0.2) is 35.2 Å². The molecule has 0 radical (unpaired) electrons. The summed E-state index contributed by atoms with van der Waals surface area (Å²) in [7, 11) is -0.170. The van der Waals surface area contributed by atoms with Crippen LogP contribution in [0.4, 0.5) is 0 Å². The third kappa shape index (κ3) is 5.10. The summed E-state index contributed by atoms with van der Waals surface area (Å²) in [4.78, 5) is 2.67. The van der Waals surface area contributed by atoms with E-state index in [0.717, 1.165) is 55.1 Å². The molecule has 1 aliphatic rings. The van der Waals surface area contributed by atoms with Crippen LogP contribution in [-0.4, -0.2) is 47.2 Å². The molecule has 0 saturated carbocycles. The van der Waals surface area contributed by atoms with E-state index in [1.54, 1.807) is 26.4 Å². The maximum atomic E-state index is 12.5. The van der Waals surface area contributed by atoms with E-state index >= 15 is 0 Å². The van der Waals surface area contributed by atoms with Crippen molar-refractivity contribution in [3.05, 3.63) is 52.6 Å². The van der Waals surface area contributed by atoms with Crippen LogP contribution >= 0.6 is 0 Å². The highest BCUT2D eigenvalue weighted by Crippen LogP contribution is 2.33. The van der Waals surface area contributed by atoms with Gasteiger partial charge in [0.15, 0.2) is 11.5 Å². The molecule has 0 spiro atoms. The van der Waals surface area contributed by atoms with Gasteiger partial charge in [-0.25, -0.2) is 13.1 Å². The number of sulfonamides is 1. The molecule has 0 atom stereocenters. The summed E-state index contributed by atoms with van der Waals surface area (Å²) in [5.74, 6) is 1.51. The summed E-state index contributed by atoms with van der Waals surface area (Å²) in [5.41, 5.74) is 4.59. The van der Waals surface area contributed by atoms with Gasteiger partial charge in [0.1, 0.15) is 0 Å². The van der Waals surface area contributed by atoms with Crippen molar-refractivity contribution in [1.82, 2.24) is 9.62 Å². The van der Waals surface area contributed by atoms with E-state index in [0.29, 0.717) is 11.4 Å². The maximum absolute atomic E-state index is 12.5. The summed E-state index contributed by atoms with van der Waals surface area (Å²) >= 11 is 0. The van der Waals surface area contributed by atoms with Gasteiger partial charge in [0.25, 0.3) is 0 Å². The van der Waals surface area contributed by atoms with Crippen LogP contribution in [0.1, 0.15) is 28.7 Å². The van der Waals surface area contributed by atoms with Gasteiger partial charge in [-0.2, -0.15) is 0 Å². The minimum atomic E-state index is -3.47. The minimum Gasteiger partial charge on any atom is -0.493 e. The average Bonchev–Trinajstić information content (AvgIpc) is 2.71. The molecule has 0 fully saturated rings. The monoisotopic (exact) mass is 418 g/mol. The fraction of sp³-hybridized carbons (Fsp3) is 0.455. The Labute approximate surface area is 173 Å². The second-order valence-corrected chi connectivity index (χ2v) is 9.27. The smallest absolute Gasteiger partial charge is 0.240 e. The number of methoxy groups -OCH3 is 2. The number of nitrogens with one attached hydrogen (secondary N) is 1. The number of aryl methyl sites for hydroxylation is 2. The van der Waals surface area contributed by atoms with E-state index < -0.39 is 10.0 Å². The highest BCUT2D eigenvalue weighted by molar-refractivity contribution is 7.89. The first-order chi connectivity index (χ1) is 13.8. The van der Waals surface area contributed by atoms with Gasteiger partial charge >= 0.3 is 0 Å². The Balaban J connectivity index is 1.53. The largest absolute Gasteiger partial charge is 0.493 e. The molecule has 0 saturated heterocycles. The Morgan fingerprint density at radius 3 is 2.34 bits per heavy atom. The van der Waals surface area contributed by atoms with Gasteiger partial charge in [-0.3, -0.25) is 4.90 Å². The quantitative estimate of drug-likeness (QED) is 0.668. The Bertz CT molecular complexity index is 973. The normalized spacial score (nSPS) is 14.5. The molecular weight excluding hydrogens is 388 g/mol. The molecule has 6 nitrogen and oxygen atoms in total. The topological polar surface area (TPSA) is 67.9 Å². The van der Waals surface area contributed by atoms with E-state index in [4.69, 9.17) is 9.47 Å². The minimum absolute atomic E-state index is 0.327. The zero-order chi connectivity index (χ0) is 21.0. The average molecular weight is 419 g/mol. The van der Waals surface area contributed by atoms with Crippen LogP contribution in [0.3, 0.4) is 0 Å².